The fraction of sp³-hybridized carbons (Fsp3) is 0.500. The lowest BCUT2D eigenvalue weighted by molar-refractivity contribution is 0.340. The van der Waals surface area contributed by atoms with Gasteiger partial charge in [0.05, 0.1) is 6.61 Å². The average Bonchev–Trinajstić information content (AvgIpc) is 2.92. The standard InChI is InChI=1S/C18H28N6O/c1-6-19-18(20-12-17-22-21-14(3)24(17)5)23(4)13-15-8-10-16(11-9-15)25-7-2/h8-11H,6-7,12-13H2,1-5H3,(H,19,20). The molecule has 2 aromatic rings. The largest absolute Gasteiger partial charge is 0.494 e. The average molecular weight is 344 g/mol. The summed E-state index contributed by atoms with van der Waals surface area (Å²) in [5.74, 6) is 3.48. The number of ether oxygens (including phenoxy) is 1. The second-order valence-electron chi connectivity index (χ2n) is 5.83. The van der Waals surface area contributed by atoms with Gasteiger partial charge in [0.1, 0.15) is 18.1 Å². The number of nitrogens with zero attached hydrogens (tertiary/aromatic N) is 5. The van der Waals surface area contributed by atoms with Crippen molar-refractivity contribution >= 4 is 5.96 Å². The predicted octanol–water partition coefficient (Wildman–Crippen LogP) is 2.12. The van der Waals surface area contributed by atoms with Gasteiger partial charge in [-0.05, 0) is 38.5 Å². The van der Waals surface area contributed by atoms with Crippen molar-refractivity contribution < 1.29 is 4.74 Å². The normalized spacial score (nSPS) is 11.5. The van der Waals surface area contributed by atoms with Gasteiger partial charge in [0.15, 0.2) is 11.8 Å². The van der Waals surface area contributed by atoms with Crippen LogP contribution in [-0.4, -0.2) is 45.8 Å². The first-order valence-corrected chi connectivity index (χ1v) is 8.61. The Balaban J connectivity index is 2.04. The molecule has 0 spiro atoms. The van der Waals surface area contributed by atoms with Crippen molar-refractivity contribution in [3.05, 3.63) is 41.5 Å². The summed E-state index contributed by atoms with van der Waals surface area (Å²) in [6, 6.07) is 8.16. The molecule has 0 fully saturated rings. The first-order chi connectivity index (χ1) is 12.0. The molecule has 136 valence electrons. The van der Waals surface area contributed by atoms with E-state index in [-0.39, 0.29) is 0 Å². The SMILES string of the molecule is CCNC(=NCc1nnc(C)n1C)N(C)Cc1ccc(OCC)cc1. The molecule has 0 aliphatic rings. The van der Waals surface area contributed by atoms with Crippen LogP contribution in [0, 0.1) is 6.92 Å². The first-order valence-electron chi connectivity index (χ1n) is 8.61. The molecule has 25 heavy (non-hydrogen) atoms. The summed E-state index contributed by atoms with van der Waals surface area (Å²) in [7, 11) is 3.98. The summed E-state index contributed by atoms with van der Waals surface area (Å²) in [6.07, 6.45) is 0. The highest BCUT2D eigenvalue weighted by molar-refractivity contribution is 5.79. The van der Waals surface area contributed by atoms with Crippen LogP contribution < -0.4 is 10.1 Å². The summed E-state index contributed by atoms with van der Waals surface area (Å²) >= 11 is 0. The number of hydrogen-bond donors (Lipinski definition) is 1. The van der Waals surface area contributed by atoms with Crippen LogP contribution >= 0.6 is 0 Å². The van der Waals surface area contributed by atoms with Crippen LogP contribution in [-0.2, 0) is 20.1 Å². The van der Waals surface area contributed by atoms with Gasteiger partial charge in [-0.1, -0.05) is 12.1 Å². The molecule has 0 radical (unpaired) electrons. The van der Waals surface area contributed by atoms with Gasteiger partial charge in [-0.3, -0.25) is 0 Å². The summed E-state index contributed by atoms with van der Waals surface area (Å²) in [6.45, 7) is 8.72. The third kappa shape index (κ3) is 5.20. The Labute approximate surface area is 149 Å². The van der Waals surface area contributed by atoms with Gasteiger partial charge in [0.25, 0.3) is 0 Å². The van der Waals surface area contributed by atoms with Gasteiger partial charge in [-0.2, -0.15) is 0 Å². The van der Waals surface area contributed by atoms with E-state index in [2.05, 4.69) is 44.5 Å². The first kappa shape index (κ1) is 18.8. The maximum atomic E-state index is 5.49. The Hall–Kier alpha value is -2.57. The highest BCUT2D eigenvalue weighted by Crippen LogP contribution is 2.13. The lowest BCUT2D eigenvalue weighted by atomic mass is 10.2. The molecule has 1 N–H and O–H groups in total. The topological polar surface area (TPSA) is 67.6 Å². The summed E-state index contributed by atoms with van der Waals surface area (Å²) < 4.78 is 7.45. The Bertz CT molecular complexity index is 692. The van der Waals surface area contributed by atoms with Crippen LogP contribution in [0.25, 0.3) is 0 Å². The van der Waals surface area contributed by atoms with Gasteiger partial charge in [-0.15, -0.1) is 10.2 Å². The van der Waals surface area contributed by atoms with Gasteiger partial charge in [-0.25, -0.2) is 4.99 Å². The van der Waals surface area contributed by atoms with Crippen molar-refractivity contribution in [2.24, 2.45) is 12.0 Å². The molecule has 0 aliphatic carbocycles. The zero-order valence-electron chi connectivity index (χ0n) is 15.8. The molecular formula is C18H28N6O. The number of aryl methyl sites for hydroxylation is 1. The highest BCUT2D eigenvalue weighted by atomic mass is 16.5. The quantitative estimate of drug-likeness (QED) is 0.615. The van der Waals surface area contributed by atoms with E-state index >= 15 is 0 Å². The van der Waals surface area contributed by atoms with E-state index in [1.54, 1.807) is 0 Å². The summed E-state index contributed by atoms with van der Waals surface area (Å²) in [5.41, 5.74) is 1.20. The molecule has 2 rings (SSSR count). The predicted molar refractivity (Wildman–Crippen MR) is 99.6 cm³/mol. The zero-order chi connectivity index (χ0) is 18.2. The van der Waals surface area contributed by atoms with E-state index in [0.29, 0.717) is 13.2 Å². The summed E-state index contributed by atoms with van der Waals surface area (Å²) in [5, 5.41) is 11.6. The minimum absolute atomic E-state index is 0.493. The minimum atomic E-state index is 0.493. The Morgan fingerprint density at radius 1 is 1.24 bits per heavy atom. The molecule has 0 atom stereocenters. The van der Waals surface area contributed by atoms with Gasteiger partial charge in [0, 0.05) is 27.2 Å². The van der Waals surface area contributed by atoms with E-state index in [1.807, 2.05) is 44.6 Å². The van der Waals surface area contributed by atoms with E-state index < -0.39 is 0 Å². The van der Waals surface area contributed by atoms with Crippen LogP contribution in [0.5, 0.6) is 5.75 Å². The molecule has 1 heterocycles. The Morgan fingerprint density at radius 2 is 1.96 bits per heavy atom. The second kappa shape index (κ2) is 9.05. The molecule has 0 aliphatic heterocycles. The Kier molecular flexibility index (Phi) is 6.80. The second-order valence-corrected chi connectivity index (χ2v) is 5.83. The lowest BCUT2D eigenvalue weighted by Crippen LogP contribution is -2.38. The fourth-order valence-corrected chi connectivity index (χ4v) is 2.41. The highest BCUT2D eigenvalue weighted by Gasteiger charge is 2.09. The van der Waals surface area contributed by atoms with Gasteiger partial charge in [0.2, 0.25) is 0 Å². The van der Waals surface area contributed by atoms with Crippen molar-refractivity contribution in [2.75, 3.05) is 20.2 Å². The molecule has 0 saturated heterocycles. The van der Waals surface area contributed by atoms with Crippen LogP contribution in [0.2, 0.25) is 0 Å². The van der Waals surface area contributed by atoms with Crippen molar-refractivity contribution in [3.8, 4) is 5.75 Å². The Morgan fingerprint density at radius 3 is 2.52 bits per heavy atom. The van der Waals surface area contributed by atoms with Gasteiger partial charge < -0.3 is 19.5 Å². The van der Waals surface area contributed by atoms with E-state index in [0.717, 1.165) is 36.4 Å². The zero-order valence-corrected chi connectivity index (χ0v) is 15.8. The van der Waals surface area contributed by atoms with Crippen LogP contribution in [0.1, 0.15) is 31.1 Å². The van der Waals surface area contributed by atoms with Crippen molar-refractivity contribution in [2.45, 2.75) is 33.9 Å². The summed E-state index contributed by atoms with van der Waals surface area (Å²) in [4.78, 5) is 6.78. The smallest absolute Gasteiger partial charge is 0.194 e. The molecule has 0 amide bonds. The number of hydrogen-bond acceptors (Lipinski definition) is 4. The lowest BCUT2D eigenvalue weighted by Gasteiger charge is -2.22. The third-order valence-corrected chi connectivity index (χ3v) is 3.90. The van der Waals surface area contributed by atoms with Crippen LogP contribution in [0.15, 0.2) is 29.3 Å². The number of guanidine groups is 1. The number of nitrogens with one attached hydrogen (secondary N) is 1. The van der Waals surface area contributed by atoms with Crippen LogP contribution in [0.4, 0.5) is 0 Å². The van der Waals surface area contributed by atoms with Crippen molar-refractivity contribution in [3.63, 3.8) is 0 Å². The van der Waals surface area contributed by atoms with Crippen LogP contribution in [0.3, 0.4) is 0 Å². The molecule has 7 heteroatoms. The number of aromatic nitrogens is 3. The number of aliphatic imine (C=N–C) groups is 1. The molecule has 1 aromatic carbocycles. The molecule has 1 aromatic heterocycles. The molecule has 7 nitrogen and oxygen atoms in total. The van der Waals surface area contributed by atoms with Gasteiger partial charge >= 0.3 is 0 Å². The maximum Gasteiger partial charge on any atom is 0.194 e. The molecule has 0 unspecified atom stereocenters. The monoisotopic (exact) mass is 344 g/mol. The maximum absolute atomic E-state index is 5.49. The van der Waals surface area contributed by atoms with E-state index in [4.69, 9.17) is 4.74 Å². The van der Waals surface area contributed by atoms with E-state index in [1.165, 1.54) is 5.56 Å². The van der Waals surface area contributed by atoms with Crippen molar-refractivity contribution in [1.29, 1.82) is 0 Å². The van der Waals surface area contributed by atoms with Crippen molar-refractivity contribution in [1.82, 2.24) is 25.0 Å². The van der Waals surface area contributed by atoms with E-state index in [9.17, 15) is 0 Å². The minimum Gasteiger partial charge on any atom is -0.494 e. The number of rotatable bonds is 7. The third-order valence-electron chi connectivity index (χ3n) is 3.90. The molecule has 0 bridgehead atoms. The fourth-order valence-electron chi connectivity index (χ4n) is 2.41. The molecule has 0 saturated carbocycles. The number of benzene rings is 1. The molecular weight excluding hydrogens is 316 g/mol.